The summed E-state index contributed by atoms with van der Waals surface area (Å²) in [5.41, 5.74) is 5.85. The zero-order valence-corrected chi connectivity index (χ0v) is 13.7. The van der Waals surface area contributed by atoms with Crippen LogP contribution in [0.25, 0.3) is 0 Å². The number of anilines is 2. The highest BCUT2D eigenvalue weighted by molar-refractivity contribution is 7.18. The molecule has 0 saturated carbocycles. The van der Waals surface area contributed by atoms with Crippen molar-refractivity contribution in [1.29, 1.82) is 0 Å². The van der Waals surface area contributed by atoms with E-state index in [1.54, 1.807) is 0 Å². The number of aromatic nitrogens is 1. The van der Waals surface area contributed by atoms with Crippen LogP contribution in [0.15, 0.2) is 0 Å². The van der Waals surface area contributed by atoms with Crippen molar-refractivity contribution in [2.24, 2.45) is 0 Å². The van der Waals surface area contributed by atoms with Gasteiger partial charge >= 0.3 is 0 Å². The molecular formula is C14H25N5OS. The summed E-state index contributed by atoms with van der Waals surface area (Å²) in [4.78, 5) is 21.3. The molecule has 1 aliphatic heterocycles. The molecule has 21 heavy (non-hydrogen) atoms. The Morgan fingerprint density at radius 3 is 2.81 bits per heavy atom. The van der Waals surface area contributed by atoms with Crippen LogP contribution in [0.5, 0.6) is 0 Å². The van der Waals surface area contributed by atoms with Crippen LogP contribution in [0, 0.1) is 0 Å². The Bertz CT molecular complexity index is 470. The number of thiazole rings is 1. The summed E-state index contributed by atoms with van der Waals surface area (Å²) in [6, 6.07) is 0. The van der Waals surface area contributed by atoms with Gasteiger partial charge in [-0.3, -0.25) is 4.79 Å². The summed E-state index contributed by atoms with van der Waals surface area (Å²) in [5.74, 6) is 0.212. The van der Waals surface area contributed by atoms with E-state index in [-0.39, 0.29) is 5.91 Å². The number of carbonyl (C=O) groups is 1. The summed E-state index contributed by atoms with van der Waals surface area (Å²) in [5, 5.41) is 3.74. The molecule has 2 rings (SSSR count). The third kappa shape index (κ3) is 4.31. The molecule has 7 heteroatoms. The highest BCUT2D eigenvalue weighted by atomic mass is 32.1. The number of likely N-dealkylation sites (tertiary alicyclic amines) is 1. The minimum absolute atomic E-state index is 0.113. The molecule has 3 N–H and O–H groups in total. The maximum absolute atomic E-state index is 12.2. The van der Waals surface area contributed by atoms with Crippen LogP contribution < -0.4 is 16.0 Å². The Kier molecular flexibility index (Phi) is 5.81. The lowest BCUT2D eigenvalue weighted by Crippen LogP contribution is -2.37. The van der Waals surface area contributed by atoms with Gasteiger partial charge in [0.25, 0.3) is 5.91 Å². The maximum Gasteiger partial charge on any atom is 0.265 e. The Morgan fingerprint density at radius 1 is 1.43 bits per heavy atom. The topological polar surface area (TPSA) is 74.5 Å². The Hall–Kier alpha value is -1.34. The van der Waals surface area contributed by atoms with Crippen LogP contribution in [0.3, 0.4) is 0 Å². The standard InChI is InChI=1S/C14H25N5OS/c1-3-18(2)14-17-12(15)11(21-14)13(20)16-7-10-19-8-5-4-6-9-19/h3-10,15H2,1-2H3,(H,16,20). The molecule has 1 amide bonds. The van der Waals surface area contributed by atoms with Crippen LogP contribution in [0.4, 0.5) is 10.9 Å². The van der Waals surface area contributed by atoms with Gasteiger partial charge in [-0.05, 0) is 32.9 Å². The molecule has 0 aliphatic carbocycles. The number of carbonyl (C=O) groups excluding carboxylic acids is 1. The van der Waals surface area contributed by atoms with E-state index in [9.17, 15) is 4.79 Å². The van der Waals surface area contributed by atoms with Crippen molar-refractivity contribution in [2.75, 3.05) is 50.4 Å². The number of nitrogens with one attached hydrogen (secondary N) is 1. The molecule has 0 unspecified atom stereocenters. The number of nitrogen functional groups attached to an aromatic ring is 1. The van der Waals surface area contributed by atoms with Crippen molar-refractivity contribution < 1.29 is 4.79 Å². The van der Waals surface area contributed by atoms with Gasteiger partial charge in [0.05, 0.1) is 0 Å². The van der Waals surface area contributed by atoms with E-state index >= 15 is 0 Å². The van der Waals surface area contributed by atoms with Crippen molar-refractivity contribution in [1.82, 2.24) is 15.2 Å². The SMILES string of the molecule is CCN(C)c1nc(N)c(C(=O)NCCN2CCCCC2)s1. The first-order chi connectivity index (χ1) is 10.1. The number of hydrogen-bond acceptors (Lipinski definition) is 6. The highest BCUT2D eigenvalue weighted by Crippen LogP contribution is 2.27. The second-order valence-electron chi connectivity index (χ2n) is 5.38. The Morgan fingerprint density at radius 2 is 2.14 bits per heavy atom. The summed E-state index contributed by atoms with van der Waals surface area (Å²) >= 11 is 1.35. The third-order valence-corrected chi connectivity index (χ3v) is 5.00. The molecule has 1 aromatic rings. The predicted molar refractivity (Wildman–Crippen MR) is 88.1 cm³/mol. The molecule has 1 saturated heterocycles. The molecule has 2 heterocycles. The van der Waals surface area contributed by atoms with Crippen LogP contribution in [-0.4, -0.2) is 55.6 Å². The summed E-state index contributed by atoms with van der Waals surface area (Å²) in [6.45, 7) is 6.73. The number of rotatable bonds is 6. The molecule has 118 valence electrons. The maximum atomic E-state index is 12.2. The number of nitrogens with zero attached hydrogens (tertiary/aromatic N) is 3. The first-order valence-electron chi connectivity index (χ1n) is 7.59. The van der Waals surface area contributed by atoms with Crippen molar-refractivity contribution >= 4 is 28.2 Å². The van der Waals surface area contributed by atoms with Crippen LogP contribution in [0.2, 0.25) is 0 Å². The molecule has 1 aromatic heterocycles. The van der Waals surface area contributed by atoms with Gasteiger partial charge in [-0.1, -0.05) is 17.8 Å². The minimum atomic E-state index is -0.113. The molecule has 0 bridgehead atoms. The molecule has 0 aromatic carbocycles. The van der Waals surface area contributed by atoms with Gasteiger partial charge in [0.2, 0.25) is 0 Å². The van der Waals surface area contributed by atoms with Crippen LogP contribution >= 0.6 is 11.3 Å². The number of hydrogen-bond donors (Lipinski definition) is 2. The predicted octanol–water partition coefficient (Wildman–Crippen LogP) is 1.40. The lowest BCUT2D eigenvalue weighted by molar-refractivity contribution is 0.0951. The smallest absolute Gasteiger partial charge is 0.265 e. The lowest BCUT2D eigenvalue weighted by atomic mass is 10.1. The fourth-order valence-corrected chi connectivity index (χ4v) is 3.30. The monoisotopic (exact) mass is 311 g/mol. The van der Waals surface area contributed by atoms with Gasteiger partial charge in [0.1, 0.15) is 10.7 Å². The largest absolute Gasteiger partial charge is 0.382 e. The zero-order chi connectivity index (χ0) is 15.2. The molecule has 0 spiro atoms. The van der Waals surface area contributed by atoms with Gasteiger partial charge in [0.15, 0.2) is 5.13 Å². The molecule has 1 aliphatic rings. The van der Waals surface area contributed by atoms with E-state index in [4.69, 9.17) is 5.73 Å². The Balaban J connectivity index is 1.83. The van der Waals surface area contributed by atoms with Gasteiger partial charge in [-0.15, -0.1) is 0 Å². The van der Waals surface area contributed by atoms with Crippen LogP contribution in [-0.2, 0) is 0 Å². The zero-order valence-electron chi connectivity index (χ0n) is 12.9. The summed E-state index contributed by atoms with van der Waals surface area (Å²) < 4.78 is 0. The van der Waals surface area contributed by atoms with E-state index in [2.05, 4.69) is 15.2 Å². The summed E-state index contributed by atoms with van der Waals surface area (Å²) in [6.07, 6.45) is 3.86. The minimum Gasteiger partial charge on any atom is -0.382 e. The molecule has 6 nitrogen and oxygen atoms in total. The van der Waals surface area contributed by atoms with Gasteiger partial charge in [-0.2, -0.15) is 0 Å². The van der Waals surface area contributed by atoms with E-state index in [0.717, 1.165) is 31.3 Å². The average molecular weight is 311 g/mol. The quantitative estimate of drug-likeness (QED) is 0.830. The van der Waals surface area contributed by atoms with E-state index in [1.807, 2.05) is 18.9 Å². The first kappa shape index (κ1) is 16.0. The second kappa shape index (κ2) is 7.61. The second-order valence-corrected chi connectivity index (χ2v) is 6.36. The van der Waals surface area contributed by atoms with Crippen molar-refractivity contribution in [2.45, 2.75) is 26.2 Å². The Labute approximate surface area is 130 Å². The van der Waals surface area contributed by atoms with Crippen LogP contribution in [0.1, 0.15) is 35.9 Å². The molecular weight excluding hydrogens is 286 g/mol. The molecule has 1 fully saturated rings. The lowest BCUT2D eigenvalue weighted by Gasteiger charge is -2.26. The summed E-state index contributed by atoms with van der Waals surface area (Å²) in [7, 11) is 1.94. The third-order valence-electron chi connectivity index (χ3n) is 3.81. The number of amides is 1. The number of nitrogens with two attached hydrogens (primary N) is 1. The fraction of sp³-hybridized carbons (Fsp3) is 0.714. The first-order valence-corrected chi connectivity index (χ1v) is 8.41. The van der Waals surface area contributed by atoms with Crippen molar-refractivity contribution in [3.8, 4) is 0 Å². The van der Waals surface area contributed by atoms with Crippen molar-refractivity contribution in [3.63, 3.8) is 0 Å². The number of piperidine rings is 1. The van der Waals surface area contributed by atoms with Crippen molar-refractivity contribution in [3.05, 3.63) is 4.88 Å². The average Bonchev–Trinajstić information content (AvgIpc) is 2.89. The van der Waals surface area contributed by atoms with Gasteiger partial charge in [-0.25, -0.2) is 4.98 Å². The molecule has 0 radical (unpaired) electrons. The molecule has 0 atom stereocenters. The van der Waals surface area contributed by atoms with E-state index < -0.39 is 0 Å². The van der Waals surface area contributed by atoms with Gasteiger partial charge < -0.3 is 20.9 Å². The van der Waals surface area contributed by atoms with E-state index in [1.165, 1.54) is 30.6 Å². The highest BCUT2D eigenvalue weighted by Gasteiger charge is 2.18. The normalized spacial score (nSPS) is 15.9. The van der Waals surface area contributed by atoms with E-state index in [0.29, 0.717) is 17.2 Å². The fourth-order valence-electron chi connectivity index (χ4n) is 2.37. The van der Waals surface area contributed by atoms with Gasteiger partial charge in [0, 0.05) is 26.7 Å².